The molecule has 0 aliphatic carbocycles. The van der Waals surface area contributed by atoms with Gasteiger partial charge in [-0.2, -0.15) is 4.99 Å². The lowest BCUT2D eigenvalue weighted by Crippen LogP contribution is -1.87. The van der Waals surface area contributed by atoms with Gasteiger partial charge in [0.15, 0.2) is 0 Å². The molecule has 19 heavy (non-hydrogen) atoms. The van der Waals surface area contributed by atoms with Gasteiger partial charge in [-0.3, -0.25) is 0 Å². The van der Waals surface area contributed by atoms with E-state index in [1.165, 1.54) is 16.9 Å². The number of benzene rings is 2. The molecule has 0 heterocycles. The molecule has 0 N–H and O–H groups in total. The van der Waals surface area contributed by atoms with Crippen molar-refractivity contribution in [1.29, 1.82) is 0 Å². The first-order valence-corrected chi connectivity index (χ1v) is 7.62. The number of nitrogens with zero attached hydrogens (tertiary/aromatic N) is 1. The first-order valence-electron chi connectivity index (χ1n) is 6.23. The summed E-state index contributed by atoms with van der Waals surface area (Å²) in [6.45, 7) is 0. The maximum absolute atomic E-state index is 4.61. The van der Waals surface area contributed by atoms with Crippen LogP contribution in [0.5, 0.6) is 0 Å². The Labute approximate surface area is 123 Å². The van der Waals surface area contributed by atoms with E-state index in [-0.39, 0.29) is 0 Å². The second-order valence-electron chi connectivity index (χ2n) is 4.14. The average molecular weight is 285 g/mol. The van der Waals surface area contributed by atoms with E-state index in [1.54, 1.807) is 0 Å². The zero-order valence-corrected chi connectivity index (χ0v) is 12.2. The van der Waals surface area contributed by atoms with Crippen LogP contribution in [-0.4, -0.2) is 10.9 Å². The van der Waals surface area contributed by atoms with Crippen molar-refractivity contribution in [1.82, 2.24) is 0 Å². The third-order valence-electron chi connectivity index (χ3n) is 2.71. The molecule has 0 saturated carbocycles. The fourth-order valence-corrected chi connectivity index (χ4v) is 2.82. The summed E-state index contributed by atoms with van der Waals surface area (Å²) in [5.41, 5.74) is 2.28. The molecule has 3 heteroatoms. The summed E-state index contributed by atoms with van der Waals surface area (Å²) in [6, 6.07) is 18.7. The number of thioether (sulfide) groups is 1. The van der Waals surface area contributed by atoms with Crippen LogP contribution in [0.3, 0.4) is 0 Å². The van der Waals surface area contributed by atoms with Gasteiger partial charge in [0.25, 0.3) is 0 Å². The highest BCUT2D eigenvalue weighted by molar-refractivity contribution is 7.99. The predicted octanol–water partition coefficient (Wildman–Crippen LogP) is 5.15. The summed E-state index contributed by atoms with van der Waals surface area (Å²) < 4.78 is 0. The molecule has 0 aromatic heterocycles. The number of hydrogen-bond donors (Lipinski definition) is 0. The lowest BCUT2D eigenvalue weighted by atomic mass is 10.1. The van der Waals surface area contributed by atoms with Crippen LogP contribution in [0.1, 0.15) is 12.0 Å². The van der Waals surface area contributed by atoms with E-state index in [4.69, 9.17) is 0 Å². The van der Waals surface area contributed by atoms with Gasteiger partial charge in [-0.05, 0) is 54.6 Å². The molecule has 0 aliphatic rings. The number of thiocarbonyl (C=S) groups is 1. The molecule has 0 radical (unpaired) electrons. The fraction of sp³-hybridized carbons (Fsp3) is 0.188. The van der Waals surface area contributed by atoms with Crippen molar-refractivity contribution in [2.24, 2.45) is 4.99 Å². The topological polar surface area (TPSA) is 12.4 Å². The number of isothiocyanates is 1. The standard InChI is InChI=1S/C16H15NS2/c18-13-17-15-9-4-10-16(12-15)19-11-5-8-14-6-2-1-3-7-14/h1-4,6-7,9-10,12H,5,8,11H2. The van der Waals surface area contributed by atoms with Crippen molar-refractivity contribution in [2.75, 3.05) is 5.75 Å². The Morgan fingerprint density at radius 1 is 1.05 bits per heavy atom. The summed E-state index contributed by atoms with van der Waals surface area (Å²) in [6.07, 6.45) is 2.31. The van der Waals surface area contributed by atoms with Gasteiger partial charge in [0.05, 0.1) is 10.8 Å². The van der Waals surface area contributed by atoms with Gasteiger partial charge in [-0.25, -0.2) is 0 Å². The van der Waals surface area contributed by atoms with E-state index < -0.39 is 0 Å². The van der Waals surface area contributed by atoms with Crippen molar-refractivity contribution >= 4 is 34.8 Å². The molecule has 1 nitrogen and oxygen atoms in total. The molecule has 2 aromatic rings. The zero-order chi connectivity index (χ0) is 13.3. The molecule has 2 rings (SSSR count). The molecule has 96 valence electrons. The Morgan fingerprint density at radius 2 is 1.89 bits per heavy atom. The molecule has 0 amide bonds. The first-order chi connectivity index (χ1) is 9.38. The van der Waals surface area contributed by atoms with Crippen molar-refractivity contribution in [3.05, 3.63) is 60.2 Å². The summed E-state index contributed by atoms with van der Waals surface area (Å²) in [7, 11) is 0. The van der Waals surface area contributed by atoms with Crippen LogP contribution in [0.2, 0.25) is 0 Å². The van der Waals surface area contributed by atoms with Crippen LogP contribution in [-0.2, 0) is 6.42 Å². The van der Waals surface area contributed by atoms with Crippen molar-refractivity contribution in [3.8, 4) is 0 Å². The van der Waals surface area contributed by atoms with Crippen LogP contribution >= 0.6 is 24.0 Å². The molecule has 0 aliphatic heterocycles. The summed E-state index contributed by atoms with van der Waals surface area (Å²) in [5, 5.41) is 2.40. The summed E-state index contributed by atoms with van der Waals surface area (Å²) in [5.74, 6) is 1.11. The third kappa shape index (κ3) is 4.99. The van der Waals surface area contributed by atoms with Crippen molar-refractivity contribution in [2.45, 2.75) is 17.7 Å². The highest BCUT2D eigenvalue weighted by Crippen LogP contribution is 2.24. The molecule has 0 atom stereocenters. The molecule has 0 saturated heterocycles. The lowest BCUT2D eigenvalue weighted by Gasteiger charge is -2.03. The van der Waals surface area contributed by atoms with E-state index in [9.17, 15) is 0 Å². The van der Waals surface area contributed by atoms with Gasteiger partial charge in [-0.1, -0.05) is 36.4 Å². The minimum absolute atomic E-state index is 0.878. The Balaban J connectivity index is 1.79. The Bertz CT molecular complexity index is 560. The van der Waals surface area contributed by atoms with Crippen LogP contribution in [0.25, 0.3) is 0 Å². The van der Waals surface area contributed by atoms with Gasteiger partial charge in [-0.15, -0.1) is 11.8 Å². The van der Waals surface area contributed by atoms with Crippen LogP contribution in [0, 0.1) is 0 Å². The SMILES string of the molecule is S=C=Nc1cccc(SCCCc2ccccc2)c1. The van der Waals surface area contributed by atoms with E-state index in [0.29, 0.717) is 0 Å². The largest absolute Gasteiger partial charge is 0.195 e. The average Bonchev–Trinajstić information content (AvgIpc) is 2.46. The maximum atomic E-state index is 4.61. The van der Waals surface area contributed by atoms with Crippen LogP contribution < -0.4 is 0 Å². The zero-order valence-electron chi connectivity index (χ0n) is 10.6. The van der Waals surface area contributed by atoms with Gasteiger partial charge in [0, 0.05) is 4.90 Å². The van der Waals surface area contributed by atoms with E-state index in [1.807, 2.05) is 30.0 Å². The summed E-state index contributed by atoms with van der Waals surface area (Å²) in [4.78, 5) is 5.23. The number of hydrogen-bond acceptors (Lipinski definition) is 3. The summed E-state index contributed by atoms with van der Waals surface area (Å²) >= 11 is 6.47. The molecule has 0 spiro atoms. The van der Waals surface area contributed by atoms with Gasteiger partial charge >= 0.3 is 0 Å². The lowest BCUT2D eigenvalue weighted by molar-refractivity contribution is 0.933. The number of rotatable bonds is 6. The third-order valence-corrected chi connectivity index (χ3v) is 3.89. The molecule has 0 unspecified atom stereocenters. The normalized spacial score (nSPS) is 9.89. The van der Waals surface area contributed by atoms with Crippen LogP contribution in [0.4, 0.5) is 5.69 Å². The Hall–Kier alpha value is -1.41. The van der Waals surface area contributed by atoms with E-state index in [2.05, 4.69) is 58.8 Å². The smallest absolute Gasteiger partial charge is 0.0750 e. The minimum Gasteiger partial charge on any atom is -0.195 e. The Morgan fingerprint density at radius 3 is 2.68 bits per heavy atom. The van der Waals surface area contributed by atoms with E-state index in [0.717, 1.165) is 17.9 Å². The second kappa shape index (κ2) is 7.90. The van der Waals surface area contributed by atoms with Gasteiger partial charge < -0.3 is 0 Å². The van der Waals surface area contributed by atoms with Crippen LogP contribution in [0.15, 0.2) is 64.5 Å². The monoisotopic (exact) mass is 285 g/mol. The molecular weight excluding hydrogens is 270 g/mol. The second-order valence-corrected chi connectivity index (χ2v) is 5.49. The Kier molecular flexibility index (Phi) is 5.83. The quantitative estimate of drug-likeness (QED) is 0.315. The molecule has 0 fully saturated rings. The van der Waals surface area contributed by atoms with Gasteiger partial charge in [0.1, 0.15) is 0 Å². The molecule has 0 bridgehead atoms. The van der Waals surface area contributed by atoms with Gasteiger partial charge in [0.2, 0.25) is 0 Å². The molecule has 2 aromatic carbocycles. The fourth-order valence-electron chi connectivity index (χ4n) is 1.81. The van der Waals surface area contributed by atoms with Crippen molar-refractivity contribution in [3.63, 3.8) is 0 Å². The maximum Gasteiger partial charge on any atom is 0.0750 e. The predicted molar refractivity (Wildman–Crippen MR) is 86.6 cm³/mol. The highest BCUT2D eigenvalue weighted by atomic mass is 32.2. The first kappa shape index (κ1) is 14.0. The number of aliphatic imine (C=N–C) groups is 1. The molecular formula is C16H15NS2. The highest BCUT2D eigenvalue weighted by Gasteiger charge is 1.97. The van der Waals surface area contributed by atoms with E-state index >= 15 is 0 Å². The minimum atomic E-state index is 0.878. The number of aryl methyl sites for hydroxylation is 1. The van der Waals surface area contributed by atoms with Crippen molar-refractivity contribution < 1.29 is 0 Å².